The minimum Gasteiger partial charge on any atom is -0.481 e. The lowest BCUT2D eigenvalue weighted by molar-refractivity contribution is -0.245. The summed E-state index contributed by atoms with van der Waals surface area (Å²) in [4.78, 5) is 106. The molecule has 4 atom stereocenters. The minimum atomic E-state index is -1.28. The Morgan fingerprint density at radius 1 is 0.634 bits per heavy atom. The molecule has 460 valence electrons. The van der Waals surface area contributed by atoms with Crippen molar-refractivity contribution in [3.63, 3.8) is 0 Å². The average molecular weight is 1180 g/mol. The van der Waals surface area contributed by atoms with Gasteiger partial charge in [-0.25, -0.2) is 23.8 Å². The highest BCUT2D eigenvalue weighted by atomic mass is 32.1. The van der Waals surface area contributed by atoms with E-state index in [9.17, 15) is 53.4 Å². The molecule has 1 aliphatic rings. The molecule has 0 spiro atoms. The van der Waals surface area contributed by atoms with Crippen molar-refractivity contribution in [3.05, 3.63) is 71.0 Å². The fraction of sp³-hybridized carbons (Fsp3) is 0.655. The molecule has 1 unspecified atom stereocenters. The predicted octanol–water partition coefficient (Wildman–Crippen LogP) is 5.30. The summed E-state index contributed by atoms with van der Waals surface area (Å²) in [5, 5.41) is 56.5. The Hall–Kier alpha value is -5.57. The molecule has 2 aromatic rings. The van der Waals surface area contributed by atoms with E-state index in [1.807, 2.05) is 0 Å². The first-order chi connectivity index (χ1) is 39.4. The van der Waals surface area contributed by atoms with Crippen LogP contribution in [0, 0.1) is 11.7 Å². The van der Waals surface area contributed by atoms with E-state index < -0.39 is 65.9 Å². The van der Waals surface area contributed by atoms with Crippen LogP contribution in [0.15, 0.2) is 48.5 Å². The maximum atomic E-state index is 13.9. The summed E-state index contributed by atoms with van der Waals surface area (Å²) in [7, 11) is 0. The van der Waals surface area contributed by atoms with E-state index in [1.165, 1.54) is 29.8 Å². The summed E-state index contributed by atoms with van der Waals surface area (Å²) < 4.78 is 13.8. The third-order valence-electron chi connectivity index (χ3n) is 14.8. The number of nitrogens with one attached hydrogen (secondary N) is 4. The van der Waals surface area contributed by atoms with Crippen molar-refractivity contribution in [3.8, 4) is 0 Å². The average Bonchev–Trinajstić information content (AvgIpc) is 3.59. The van der Waals surface area contributed by atoms with E-state index in [0.717, 1.165) is 101 Å². The lowest BCUT2D eigenvalue weighted by atomic mass is 9.91. The number of nitrogens with zero attached hydrogens (tertiary/aromatic N) is 4. The fourth-order valence-corrected chi connectivity index (χ4v) is 10.2. The summed E-state index contributed by atoms with van der Waals surface area (Å²) in [6.07, 6.45) is 4.90. The van der Waals surface area contributed by atoms with Crippen molar-refractivity contribution >= 4 is 58.6 Å². The first-order valence-corrected chi connectivity index (χ1v) is 29.4. The van der Waals surface area contributed by atoms with E-state index >= 15 is 0 Å². The molecule has 1 saturated heterocycles. The van der Waals surface area contributed by atoms with Crippen LogP contribution in [0.4, 0.5) is 9.18 Å². The monoisotopic (exact) mass is 1170 g/mol. The van der Waals surface area contributed by atoms with Gasteiger partial charge in [0.2, 0.25) is 11.8 Å². The van der Waals surface area contributed by atoms with Gasteiger partial charge >= 0.3 is 23.9 Å². The summed E-state index contributed by atoms with van der Waals surface area (Å²) in [5.41, 5.74) is 2.88. The van der Waals surface area contributed by atoms with Crippen LogP contribution in [0.25, 0.3) is 0 Å². The Bertz CT molecular complexity index is 2230. The van der Waals surface area contributed by atoms with Crippen LogP contribution < -0.4 is 21.3 Å². The van der Waals surface area contributed by atoms with Gasteiger partial charge in [-0.2, -0.15) is 0 Å². The molecule has 4 amide bonds. The van der Waals surface area contributed by atoms with Gasteiger partial charge in [-0.05, 0) is 111 Å². The number of ketones is 1. The third-order valence-corrected chi connectivity index (χ3v) is 15.1. The molecule has 1 aliphatic heterocycles. The fourth-order valence-electron chi connectivity index (χ4n) is 9.85. The molecule has 9 N–H and O–H groups in total. The molecule has 82 heavy (non-hydrogen) atoms. The van der Waals surface area contributed by atoms with Crippen LogP contribution in [-0.4, -0.2) is 208 Å². The Balaban J connectivity index is 1.52. The quantitative estimate of drug-likeness (QED) is 0.0177. The number of hydrogen-bond donors (Lipinski definition) is 9. The number of carboxylic acid groups (broad SMARTS) is 3. The summed E-state index contributed by atoms with van der Waals surface area (Å²) in [6.45, 7) is 14.0. The van der Waals surface area contributed by atoms with Gasteiger partial charge in [0.15, 0.2) is 5.78 Å². The summed E-state index contributed by atoms with van der Waals surface area (Å²) >= 11 is 5.82. The molecule has 1 fully saturated rings. The smallest absolute Gasteiger partial charge is 0.326 e. The topological polar surface area (TPSA) is 300 Å². The number of thiocarbonyl (C=S) groups is 1. The predicted molar refractivity (Wildman–Crippen MR) is 311 cm³/mol. The number of amides is 4. The van der Waals surface area contributed by atoms with Gasteiger partial charge in [0.1, 0.15) is 11.9 Å². The molecule has 3 rings (SSSR count). The Morgan fingerprint density at radius 2 is 1.23 bits per heavy atom. The molecule has 0 bridgehead atoms. The second kappa shape index (κ2) is 41.4. The zero-order chi connectivity index (χ0) is 60.1. The molecule has 0 aromatic heterocycles. The van der Waals surface area contributed by atoms with E-state index in [0.29, 0.717) is 31.5 Å². The number of urea groups is 1. The zero-order valence-corrected chi connectivity index (χ0v) is 48.9. The van der Waals surface area contributed by atoms with Gasteiger partial charge in [0.25, 0.3) is 0 Å². The number of unbranched alkanes of at least 4 members (excludes halogenated alkanes) is 4. The first-order valence-electron chi connectivity index (χ1n) is 29.0. The van der Waals surface area contributed by atoms with Crippen LogP contribution in [0.2, 0.25) is 0 Å². The standard InChI is InChI=1S/C58H91FN8O14S/c1-3-64-28-30-65(4-2)42-48(67(35-37-81-79)33-32-66(31-29-64)34-36-80-78)38-43-16-18-44(19-17-43)39-49(82)12-7-5-6-8-14-53(69)62-51(40-45-20-23-47(59)24-21-45)52(68)41-46(22-25-55(72)73)56(74)60-26-10-9-13-50(57(75)76)63-58(77)61-27-11-15-54(70)71/h16-21,23-24,46,48,50-51,78-79H,3-15,22,25-42H2,1-2H3,(H,60,74)(H,62,69)(H,70,71)(H,72,73)(H,75,76)(H2,61,63,77)/t46-,48?,50+,51+/m1/s1. The van der Waals surface area contributed by atoms with Crippen molar-refractivity contribution in [2.45, 2.75) is 141 Å². The molecule has 0 aliphatic carbocycles. The van der Waals surface area contributed by atoms with Gasteiger partial charge in [-0.1, -0.05) is 75.3 Å². The number of carboxylic acids is 3. The first kappa shape index (κ1) is 70.7. The Labute approximate surface area is 487 Å². The molecule has 2 aromatic carbocycles. The highest BCUT2D eigenvalue weighted by molar-refractivity contribution is 7.80. The molecule has 22 nitrogen and oxygen atoms in total. The van der Waals surface area contributed by atoms with Gasteiger partial charge in [0.05, 0.1) is 19.3 Å². The van der Waals surface area contributed by atoms with Gasteiger partial charge in [-0.15, -0.1) is 0 Å². The van der Waals surface area contributed by atoms with Crippen molar-refractivity contribution in [1.29, 1.82) is 0 Å². The summed E-state index contributed by atoms with van der Waals surface area (Å²) in [5.74, 6) is -6.50. The molecule has 0 saturated carbocycles. The van der Waals surface area contributed by atoms with Crippen LogP contribution in [0.3, 0.4) is 0 Å². The molecular formula is C58H91FN8O14S. The zero-order valence-electron chi connectivity index (χ0n) is 48.0. The number of carbonyl (C=O) groups excluding carboxylic acids is 4. The number of likely N-dealkylation sites (N-methyl/N-ethyl adjacent to an activating group) is 2. The number of hydrogen-bond acceptors (Lipinski definition) is 16. The van der Waals surface area contributed by atoms with Crippen LogP contribution >= 0.6 is 12.2 Å². The van der Waals surface area contributed by atoms with Crippen LogP contribution in [0.1, 0.15) is 120 Å². The van der Waals surface area contributed by atoms with Crippen LogP contribution in [0.5, 0.6) is 0 Å². The SMILES string of the molecule is CCN1CCN(CCOO)CCN(CCOO)C(Cc2ccc(CC(=S)CCCCCCC(=O)N[C@@H](Cc3ccc(F)cc3)C(=O)C[C@@H](CCC(=O)O)C(=O)NCCCC[C@H](NC(=O)NCCCC(=O)O)C(=O)O)cc2)CN(CC)CC1. The van der Waals surface area contributed by atoms with E-state index in [-0.39, 0.29) is 96.0 Å². The van der Waals surface area contributed by atoms with Crippen LogP contribution in [-0.2, 0) is 57.8 Å². The third kappa shape index (κ3) is 30.6. The minimum absolute atomic E-state index is 0.0107. The Morgan fingerprint density at radius 3 is 1.88 bits per heavy atom. The van der Waals surface area contributed by atoms with E-state index in [4.69, 9.17) is 22.6 Å². The lowest BCUT2D eigenvalue weighted by Gasteiger charge is -2.38. The van der Waals surface area contributed by atoms with Crippen molar-refractivity contribution in [1.82, 2.24) is 40.9 Å². The Kier molecular flexibility index (Phi) is 35.7. The number of Topliss-reactive ketones (excluding diaryl/α,β-unsaturated/α-hetero) is 1. The lowest BCUT2D eigenvalue weighted by Crippen LogP contribution is -2.52. The maximum absolute atomic E-state index is 13.9. The normalized spacial score (nSPS) is 16.2. The number of benzene rings is 2. The number of carbonyl (C=O) groups is 7. The van der Waals surface area contributed by atoms with Gasteiger partial charge in [-0.3, -0.25) is 44.3 Å². The van der Waals surface area contributed by atoms with Crippen molar-refractivity contribution in [2.75, 3.05) is 98.3 Å². The van der Waals surface area contributed by atoms with Crippen molar-refractivity contribution < 1.29 is 73.6 Å². The second-order valence-corrected chi connectivity index (χ2v) is 21.6. The molecule has 1 heterocycles. The number of rotatable bonds is 40. The van der Waals surface area contributed by atoms with Gasteiger partial charge < -0.3 is 46.4 Å². The van der Waals surface area contributed by atoms with Crippen molar-refractivity contribution in [2.24, 2.45) is 5.92 Å². The summed E-state index contributed by atoms with van der Waals surface area (Å²) in [6, 6.07) is 11.1. The maximum Gasteiger partial charge on any atom is 0.326 e. The largest absolute Gasteiger partial charge is 0.481 e. The van der Waals surface area contributed by atoms with Gasteiger partial charge in [0, 0.05) is 116 Å². The highest BCUT2D eigenvalue weighted by Gasteiger charge is 2.29. The second-order valence-electron chi connectivity index (χ2n) is 21.0. The highest BCUT2D eigenvalue weighted by Crippen LogP contribution is 2.19. The van der Waals surface area contributed by atoms with E-state index in [2.05, 4.69) is 88.8 Å². The number of halogens is 1. The molecule has 0 radical (unpaired) electrons. The van der Waals surface area contributed by atoms with E-state index in [1.54, 1.807) is 0 Å². The molecule has 24 heteroatoms. The molecular weight excluding hydrogens is 1080 g/mol. The number of aliphatic carboxylic acids is 3.